The van der Waals surface area contributed by atoms with Gasteiger partial charge in [0.25, 0.3) is 0 Å². The van der Waals surface area contributed by atoms with Crippen LogP contribution in [0.4, 0.5) is 0 Å². The summed E-state index contributed by atoms with van der Waals surface area (Å²) in [4.78, 5) is 24.0. The van der Waals surface area contributed by atoms with Crippen LogP contribution in [0, 0.1) is 12.3 Å². The first-order chi connectivity index (χ1) is 11.1. The normalized spacial score (nSPS) is 11.3. The highest BCUT2D eigenvalue weighted by atomic mass is 16.2. The molecule has 2 rings (SSSR count). The van der Waals surface area contributed by atoms with E-state index >= 15 is 0 Å². The number of ketones is 1. The van der Waals surface area contributed by atoms with Crippen molar-refractivity contribution in [1.82, 2.24) is 5.32 Å². The molecule has 0 spiro atoms. The van der Waals surface area contributed by atoms with Crippen LogP contribution in [0.1, 0.15) is 21.5 Å². The number of nitrogens with two attached hydrogens (primary N) is 1. The Bertz CT molecular complexity index is 715. The van der Waals surface area contributed by atoms with E-state index in [9.17, 15) is 9.59 Å². The Balaban J connectivity index is 2.01. The molecule has 0 bridgehead atoms. The lowest BCUT2D eigenvalue weighted by molar-refractivity contribution is -0.122. The van der Waals surface area contributed by atoms with E-state index < -0.39 is 6.04 Å². The SMILES string of the molecule is C#CCNC(=O)C(N)Cc1ccc(C(=O)c2ccccc2)cc1. The van der Waals surface area contributed by atoms with Crippen molar-refractivity contribution in [2.75, 3.05) is 6.54 Å². The lowest BCUT2D eigenvalue weighted by Crippen LogP contribution is -2.42. The first-order valence-electron chi connectivity index (χ1n) is 7.27. The van der Waals surface area contributed by atoms with Gasteiger partial charge in [0.15, 0.2) is 5.78 Å². The van der Waals surface area contributed by atoms with Gasteiger partial charge in [0.05, 0.1) is 12.6 Å². The van der Waals surface area contributed by atoms with E-state index in [1.807, 2.05) is 30.3 Å². The number of amides is 1. The highest BCUT2D eigenvalue weighted by Gasteiger charge is 2.14. The van der Waals surface area contributed by atoms with E-state index in [0.717, 1.165) is 5.56 Å². The van der Waals surface area contributed by atoms with Gasteiger partial charge >= 0.3 is 0 Å². The van der Waals surface area contributed by atoms with E-state index in [-0.39, 0.29) is 18.2 Å². The van der Waals surface area contributed by atoms with E-state index in [1.165, 1.54) is 0 Å². The Morgan fingerprint density at radius 1 is 1.04 bits per heavy atom. The molecule has 2 aromatic rings. The summed E-state index contributed by atoms with van der Waals surface area (Å²) < 4.78 is 0. The number of hydrogen-bond acceptors (Lipinski definition) is 3. The minimum absolute atomic E-state index is 0.0341. The summed E-state index contributed by atoms with van der Waals surface area (Å²) in [5.41, 5.74) is 7.96. The van der Waals surface area contributed by atoms with Gasteiger partial charge < -0.3 is 11.1 Å². The Labute approximate surface area is 135 Å². The fraction of sp³-hybridized carbons (Fsp3) is 0.158. The Morgan fingerprint density at radius 2 is 1.65 bits per heavy atom. The quantitative estimate of drug-likeness (QED) is 0.628. The molecule has 0 fully saturated rings. The Morgan fingerprint density at radius 3 is 2.26 bits per heavy atom. The second-order valence-electron chi connectivity index (χ2n) is 5.12. The van der Waals surface area contributed by atoms with Crippen LogP contribution in [0.2, 0.25) is 0 Å². The monoisotopic (exact) mass is 306 g/mol. The molecule has 0 aliphatic rings. The summed E-state index contributed by atoms with van der Waals surface area (Å²) >= 11 is 0. The van der Waals surface area contributed by atoms with Crippen LogP contribution in [0.3, 0.4) is 0 Å². The fourth-order valence-electron chi connectivity index (χ4n) is 2.16. The third kappa shape index (κ3) is 4.53. The standard InChI is InChI=1S/C19H18N2O2/c1-2-12-21-19(23)17(20)13-14-8-10-16(11-9-14)18(22)15-6-4-3-5-7-15/h1,3-11,17H,12-13,20H2,(H,21,23). The van der Waals surface area contributed by atoms with E-state index in [1.54, 1.807) is 24.3 Å². The number of carbonyl (C=O) groups excluding carboxylic acids is 2. The summed E-state index contributed by atoms with van der Waals surface area (Å²) in [7, 11) is 0. The maximum absolute atomic E-state index is 12.3. The Kier molecular flexibility index (Phi) is 5.67. The van der Waals surface area contributed by atoms with E-state index in [4.69, 9.17) is 12.2 Å². The number of carbonyl (C=O) groups is 2. The molecule has 1 atom stereocenters. The van der Waals surface area contributed by atoms with Gasteiger partial charge in [0.1, 0.15) is 0 Å². The zero-order chi connectivity index (χ0) is 16.7. The number of benzene rings is 2. The van der Waals surface area contributed by atoms with Gasteiger partial charge in [0.2, 0.25) is 5.91 Å². The van der Waals surface area contributed by atoms with Crippen LogP contribution in [0.5, 0.6) is 0 Å². The lowest BCUT2D eigenvalue weighted by atomic mass is 9.99. The molecule has 4 heteroatoms. The van der Waals surface area contributed by atoms with Crippen molar-refractivity contribution in [3.8, 4) is 12.3 Å². The van der Waals surface area contributed by atoms with Crippen LogP contribution in [-0.2, 0) is 11.2 Å². The van der Waals surface area contributed by atoms with Crippen molar-refractivity contribution in [3.05, 3.63) is 71.3 Å². The third-order valence-electron chi connectivity index (χ3n) is 3.41. The first-order valence-corrected chi connectivity index (χ1v) is 7.27. The number of hydrogen-bond donors (Lipinski definition) is 2. The number of terminal acetylenes is 1. The van der Waals surface area contributed by atoms with Crippen LogP contribution in [0.25, 0.3) is 0 Å². The average molecular weight is 306 g/mol. The zero-order valence-corrected chi connectivity index (χ0v) is 12.7. The fourth-order valence-corrected chi connectivity index (χ4v) is 2.16. The molecule has 0 aliphatic heterocycles. The predicted octanol–water partition coefficient (Wildman–Crippen LogP) is 1.54. The maximum Gasteiger partial charge on any atom is 0.238 e. The predicted molar refractivity (Wildman–Crippen MR) is 89.8 cm³/mol. The largest absolute Gasteiger partial charge is 0.344 e. The van der Waals surface area contributed by atoms with Crippen LogP contribution < -0.4 is 11.1 Å². The first kappa shape index (κ1) is 16.5. The molecular weight excluding hydrogens is 288 g/mol. The maximum atomic E-state index is 12.3. The summed E-state index contributed by atoms with van der Waals surface area (Å²) in [6.07, 6.45) is 5.47. The molecule has 4 nitrogen and oxygen atoms in total. The zero-order valence-electron chi connectivity index (χ0n) is 12.7. The highest BCUT2D eigenvalue weighted by molar-refractivity contribution is 6.08. The molecule has 0 saturated carbocycles. The molecule has 3 N–H and O–H groups in total. The minimum Gasteiger partial charge on any atom is -0.344 e. The van der Waals surface area contributed by atoms with Crippen LogP contribution in [-0.4, -0.2) is 24.3 Å². The molecule has 0 aliphatic carbocycles. The van der Waals surface area contributed by atoms with Crippen molar-refractivity contribution < 1.29 is 9.59 Å². The van der Waals surface area contributed by atoms with Crippen molar-refractivity contribution in [3.63, 3.8) is 0 Å². The topological polar surface area (TPSA) is 72.2 Å². The molecule has 2 aromatic carbocycles. The summed E-state index contributed by atoms with van der Waals surface area (Å²) in [6.45, 7) is 0.164. The summed E-state index contributed by atoms with van der Waals surface area (Å²) in [6, 6.07) is 15.5. The van der Waals surface area contributed by atoms with Crippen molar-refractivity contribution >= 4 is 11.7 Å². The molecule has 1 unspecified atom stereocenters. The van der Waals surface area contributed by atoms with E-state index in [2.05, 4.69) is 11.2 Å². The number of rotatable bonds is 6. The minimum atomic E-state index is -0.668. The molecule has 23 heavy (non-hydrogen) atoms. The van der Waals surface area contributed by atoms with Gasteiger partial charge in [-0.15, -0.1) is 6.42 Å². The molecule has 0 heterocycles. The second-order valence-corrected chi connectivity index (χ2v) is 5.12. The van der Waals surface area contributed by atoms with Gasteiger partial charge in [-0.2, -0.15) is 0 Å². The van der Waals surface area contributed by atoms with Gasteiger partial charge in [-0.1, -0.05) is 60.5 Å². The van der Waals surface area contributed by atoms with Gasteiger partial charge in [0, 0.05) is 11.1 Å². The van der Waals surface area contributed by atoms with Gasteiger partial charge in [-0.05, 0) is 12.0 Å². The van der Waals surface area contributed by atoms with Gasteiger partial charge in [-0.3, -0.25) is 9.59 Å². The smallest absolute Gasteiger partial charge is 0.238 e. The average Bonchev–Trinajstić information content (AvgIpc) is 2.60. The van der Waals surface area contributed by atoms with Crippen molar-refractivity contribution in [2.45, 2.75) is 12.5 Å². The summed E-state index contributed by atoms with van der Waals surface area (Å²) in [5.74, 6) is 2.01. The van der Waals surface area contributed by atoms with Crippen LogP contribution >= 0.6 is 0 Å². The molecular formula is C19H18N2O2. The van der Waals surface area contributed by atoms with Gasteiger partial charge in [-0.25, -0.2) is 0 Å². The summed E-state index contributed by atoms with van der Waals surface area (Å²) in [5, 5.41) is 2.55. The molecule has 0 saturated heterocycles. The molecule has 1 amide bonds. The van der Waals surface area contributed by atoms with Crippen LogP contribution in [0.15, 0.2) is 54.6 Å². The second kappa shape index (κ2) is 7.92. The van der Waals surface area contributed by atoms with Crippen molar-refractivity contribution in [2.24, 2.45) is 5.73 Å². The molecule has 0 radical (unpaired) electrons. The molecule has 0 aromatic heterocycles. The third-order valence-corrected chi connectivity index (χ3v) is 3.41. The highest BCUT2D eigenvalue weighted by Crippen LogP contribution is 2.12. The lowest BCUT2D eigenvalue weighted by Gasteiger charge is -2.11. The molecule has 116 valence electrons. The van der Waals surface area contributed by atoms with Crippen molar-refractivity contribution in [1.29, 1.82) is 0 Å². The Hall–Kier alpha value is -2.90. The van der Waals surface area contributed by atoms with E-state index in [0.29, 0.717) is 17.5 Å². The number of nitrogens with one attached hydrogen (secondary N) is 1.